The van der Waals surface area contributed by atoms with Crippen LogP contribution in [0, 0.1) is 5.82 Å². The molecule has 3 aromatic carbocycles. The van der Waals surface area contributed by atoms with Crippen LogP contribution in [0.2, 0.25) is 10.0 Å². The Morgan fingerprint density at radius 2 is 1.68 bits per heavy atom. The zero-order valence-electron chi connectivity index (χ0n) is 18.1. The molecule has 11 heteroatoms. The van der Waals surface area contributed by atoms with Crippen LogP contribution in [0.4, 0.5) is 20.6 Å². The maximum Gasteiger partial charge on any atom is 0.326 e. The van der Waals surface area contributed by atoms with Crippen LogP contribution in [0.5, 0.6) is 5.75 Å². The van der Waals surface area contributed by atoms with Crippen molar-refractivity contribution in [2.75, 3.05) is 30.4 Å². The quantitative estimate of drug-likeness (QED) is 0.358. The molecule has 2 amide bonds. The molecule has 0 aliphatic carbocycles. The zero-order chi connectivity index (χ0) is 24.7. The Morgan fingerprint density at radius 3 is 2.29 bits per heavy atom. The maximum atomic E-state index is 13.4. The van der Waals surface area contributed by atoms with Gasteiger partial charge in [0, 0.05) is 24.5 Å². The topological polar surface area (TPSA) is 87.7 Å². The van der Waals surface area contributed by atoms with Crippen molar-refractivity contribution in [3.63, 3.8) is 0 Å². The van der Waals surface area contributed by atoms with Crippen molar-refractivity contribution in [2.45, 2.75) is 11.3 Å². The maximum absolute atomic E-state index is 13.4. The molecule has 0 bridgehead atoms. The predicted octanol–water partition coefficient (Wildman–Crippen LogP) is 5.55. The molecule has 7 nitrogen and oxygen atoms in total. The van der Waals surface area contributed by atoms with Crippen LogP contribution >= 0.6 is 23.2 Å². The molecule has 0 radical (unpaired) electrons. The Labute approximate surface area is 207 Å². The van der Waals surface area contributed by atoms with Crippen molar-refractivity contribution in [1.82, 2.24) is 4.72 Å². The van der Waals surface area contributed by atoms with E-state index in [-0.39, 0.29) is 23.0 Å². The summed E-state index contributed by atoms with van der Waals surface area (Å²) < 4.78 is 46.0. The predicted molar refractivity (Wildman–Crippen MR) is 132 cm³/mol. The smallest absolute Gasteiger partial charge is 0.326 e. The summed E-state index contributed by atoms with van der Waals surface area (Å²) in [5.41, 5.74) is 0.865. The molecule has 34 heavy (non-hydrogen) atoms. The number of sulfonamides is 1. The van der Waals surface area contributed by atoms with Gasteiger partial charge in [-0.25, -0.2) is 22.3 Å². The SMILES string of the molecule is COc1ccc(S(=O)(=O)NCCCN(C(=O)Nc2ccc(Cl)c(Cl)c2)c2ccc(F)cc2)cc1. The molecular weight excluding hydrogens is 504 g/mol. The number of hydrogen-bond acceptors (Lipinski definition) is 4. The number of anilines is 2. The first-order valence-electron chi connectivity index (χ1n) is 10.1. The van der Waals surface area contributed by atoms with Crippen molar-refractivity contribution in [1.29, 1.82) is 0 Å². The highest BCUT2D eigenvalue weighted by molar-refractivity contribution is 7.89. The van der Waals surface area contributed by atoms with Gasteiger partial charge >= 0.3 is 6.03 Å². The molecule has 0 aliphatic rings. The Balaban J connectivity index is 1.67. The highest BCUT2D eigenvalue weighted by Crippen LogP contribution is 2.26. The fourth-order valence-electron chi connectivity index (χ4n) is 3.02. The van der Waals surface area contributed by atoms with Crippen LogP contribution in [-0.4, -0.2) is 34.6 Å². The van der Waals surface area contributed by atoms with E-state index in [1.54, 1.807) is 24.3 Å². The summed E-state index contributed by atoms with van der Waals surface area (Å²) in [6.07, 6.45) is 0.293. The number of carbonyl (C=O) groups excluding carboxylic acids is 1. The second kappa shape index (κ2) is 11.5. The number of urea groups is 1. The molecule has 0 aromatic heterocycles. The van der Waals surface area contributed by atoms with Gasteiger partial charge in [-0.1, -0.05) is 23.2 Å². The standard InChI is InChI=1S/C23H22Cl2FN3O4S/c1-33-19-8-10-20(11-9-19)34(31,32)27-13-2-14-29(18-6-3-16(26)4-7-18)23(30)28-17-5-12-21(24)22(25)15-17/h3-12,15,27H,2,13-14H2,1H3,(H,28,30). The van der Waals surface area contributed by atoms with E-state index in [0.717, 1.165) is 0 Å². The molecule has 3 rings (SSSR count). The van der Waals surface area contributed by atoms with E-state index >= 15 is 0 Å². The van der Waals surface area contributed by atoms with Gasteiger partial charge in [-0.2, -0.15) is 0 Å². The third-order valence-electron chi connectivity index (χ3n) is 4.77. The van der Waals surface area contributed by atoms with Gasteiger partial charge in [-0.3, -0.25) is 4.90 Å². The van der Waals surface area contributed by atoms with E-state index in [0.29, 0.717) is 28.6 Å². The van der Waals surface area contributed by atoms with Crippen LogP contribution < -0.4 is 19.7 Å². The number of rotatable bonds is 9. The average Bonchev–Trinajstić information content (AvgIpc) is 2.82. The molecule has 0 aliphatic heterocycles. The summed E-state index contributed by atoms with van der Waals surface area (Å²) in [6.45, 7) is 0.232. The summed E-state index contributed by atoms with van der Waals surface area (Å²) in [5.74, 6) is 0.0997. The first kappa shape index (κ1) is 25.8. The van der Waals surface area contributed by atoms with Gasteiger partial charge in [0.05, 0.1) is 22.1 Å². The van der Waals surface area contributed by atoms with Crippen LogP contribution in [0.15, 0.2) is 71.6 Å². The van der Waals surface area contributed by atoms with E-state index in [1.165, 1.54) is 54.5 Å². The van der Waals surface area contributed by atoms with Crippen molar-refractivity contribution < 1.29 is 22.3 Å². The lowest BCUT2D eigenvalue weighted by Gasteiger charge is -2.23. The third kappa shape index (κ3) is 6.83. The number of hydrogen-bond donors (Lipinski definition) is 2. The normalized spacial score (nSPS) is 11.2. The summed E-state index contributed by atoms with van der Waals surface area (Å²) in [6, 6.07) is 15.5. The van der Waals surface area contributed by atoms with Gasteiger partial charge in [0.15, 0.2) is 0 Å². The lowest BCUT2D eigenvalue weighted by Crippen LogP contribution is -2.37. The Morgan fingerprint density at radius 1 is 1.00 bits per heavy atom. The molecule has 0 spiro atoms. The number of nitrogens with one attached hydrogen (secondary N) is 2. The molecule has 3 aromatic rings. The molecule has 0 saturated carbocycles. The summed E-state index contributed by atoms with van der Waals surface area (Å²) in [4.78, 5) is 14.4. The van der Waals surface area contributed by atoms with Crippen LogP contribution in [0.1, 0.15) is 6.42 Å². The van der Waals surface area contributed by atoms with E-state index in [2.05, 4.69) is 10.0 Å². The van der Waals surface area contributed by atoms with Crippen molar-refractivity contribution in [3.05, 3.63) is 82.6 Å². The lowest BCUT2D eigenvalue weighted by atomic mass is 10.2. The van der Waals surface area contributed by atoms with Crippen molar-refractivity contribution in [3.8, 4) is 5.75 Å². The number of carbonyl (C=O) groups is 1. The first-order chi connectivity index (χ1) is 16.2. The van der Waals surface area contributed by atoms with E-state index < -0.39 is 21.9 Å². The minimum atomic E-state index is -3.73. The minimum absolute atomic E-state index is 0.0755. The zero-order valence-corrected chi connectivity index (χ0v) is 20.4. The second-order valence-corrected chi connectivity index (χ2v) is 9.70. The number of halogens is 3. The molecule has 180 valence electrons. The van der Waals surface area contributed by atoms with Gasteiger partial charge in [-0.05, 0) is 73.2 Å². The molecule has 0 unspecified atom stereocenters. The highest BCUT2D eigenvalue weighted by Gasteiger charge is 2.18. The Bertz CT molecular complexity index is 1240. The van der Waals surface area contributed by atoms with E-state index in [4.69, 9.17) is 27.9 Å². The van der Waals surface area contributed by atoms with Gasteiger partial charge in [-0.15, -0.1) is 0 Å². The van der Waals surface area contributed by atoms with Gasteiger partial charge in [0.25, 0.3) is 0 Å². The van der Waals surface area contributed by atoms with Gasteiger partial charge in [0.2, 0.25) is 10.0 Å². The van der Waals surface area contributed by atoms with E-state index in [1.807, 2.05) is 0 Å². The fraction of sp³-hybridized carbons (Fsp3) is 0.174. The molecule has 0 fully saturated rings. The second-order valence-electron chi connectivity index (χ2n) is 7.11. The number of methoxy groups -OCH3 is 1. The van der Waals surface area contributed by atoms with Gasteiger partial charge in [0.1, 0.15) is 11.6 Å². The fourth-order valence-corrected chi connectivity index (χ4v) is 4.39. The van der Waals surface area contributed by atoms with Crippen LogP contribution in [-0.2, 0) is 10.0 Å². The van der Waals surface area contributed by atoms with Crippen molar-refractivity contribution >= 4 is 50.6 Å². The minimum Gasteiger partial charge on any atom is -0.497 e. The Kier molecular flexibility index (Phi) is 8.73. The molecule has 0 heterocycles. The first-order valence-corrected chi connectivity index (χ1v) is 12.4. The molecule has 0 saturated heterocycles. The summed E-state index contributed by atoms with van der Waals surface area (Å²) in [5, 5.41) is 3.34. The summed E-state index contributed by atoms with van der Waals surface area (Å²) in [7, 11) is -2.24. The van der Waals surface area contributed by atoms with Crippen LogP contribution in [0.3, 0.4) is 0 Å². The number of ether oxygens (including phenoxy) is 1. The van der Waals surface area contributed by atoms with Crippen molar-refractivity contribution in [2.24, 2.45) is 0 Å². The molecule has 2 N–H and O–H groups in total. The number of amides is 2. The van der Waals surface area contributed by atoms with Crippen LogP contribution in [0.25, 0.3) is 0 Å². The van der Waals surface area contributed by atoms with Gasteiger partial charge < -0.3 is 10.1 Å². The monoisotopic (exact) mass is 525 g/mol. The number of nitrogens with zero attached hydrogens (tertiary/aromatic N) is 1. The average molecular weight is 526 g/mol. The molecule has 0 atom stereocenters. The summed E-state index contributed by atoms with van der Waals surface area (Å²) >= 11 is 11.9. The Hall–Kier alpha value is -2.85. The third-order valence-corrected chi connectivity index (χ3v) is 6.99. The highest BCUT2D eigenvalue weighted by atomic mass is 35.5. The number of benzene rings is 3. The largest absolute Gasteiger partial charge is 0.497 e. The lowest BCUT2D eigenvalue weighted by molar-refractivity contribution is 0.257. The van der Waals surface area contributed by atoms with E-state index in [9.17, 15) is 17.6 Å². The molecular formula is C23H22Cl2FN3O4S.